The molecule has 0 bridgehead atoms. The SMILES string of the molecule is CCOC(=O)c1nc(-c2ccc(OC)c(C=O)c2)cs1. The highest BCUT2D eigenvalue weighted by atomic mass is 32.1. The average Bonchev–Trinajstić information content (AvgIpc) is 2.96. The maximum Gasteiger partial charge on any atom is 0.367 e. The molecule has 1 aromatic carbocycles. The Morgan fingerprint density at radius 3 is 2.90 bits per heavy atom. The van der Waals surface area contributed by atoms with Gasteiger partial charge < -0.3 is 9.47 Å². The van der Waals surface area contributed by atoms with Crippen LogP contribution in [0.15, 0.2) is 23.6 Å². The summed E-state index contributed by atoms with van der Waals surface area (Å²) in [5, 5.41) is 2.05. The Morgan fingerprint density at radius 2 is 2.25 bits per heavy atom. The molecule has 0 aliphatic rings. The molecule has 0 spiro atoms. The van der Waals surface area contributed by atoms with Gasteiger partial charge in [-0.05, 0) is 25.1 Å². The normalized spacial score (nSPS) is 10.1. The second-order valence-corrected chi connectivity index (χ2v) is 4.69. The first-order valence-electron chi connectivity index (χ1n) is 5.95. The Hall–Kier alpha value is -2.21. The van der Waals surface area contributed by atoms with E-state index in [4.69, 9.17) is 9.47 Å². The number of hydrogen-bond donors (Lipinski definition) is 0. The fourth-order valence-electron chi connectivity index (χ4n) is 1.68. The van der Waals surface area contributed by atoms with Gasteiger partial charge in [0.1, 0.15) is 5.75 Å². The van der Waals surface area contributed by atoms with E-state index in [2.05, 4.69) is 4.98 Å². The molecule has 0 fully saturated rings. The second-order valence-electron chi connectivity index (χ2n) is 3.83. The molecule has 2 rings (SSSR count). The Morgan fingerprint density at radius 1 is 1.45 bits per heavy atom. The number of methoxy groups -OCH3 is 1. The van der Waals surface area contributed by atoms with Gasteiger partial charge in [0.25, 0.3) is 0 Å². The highest BCUT2D eigenvalue weighted by Gasteiger charge is 2.14. The number of benzene rings is 1. The van der Waals surface area contributed by atoms with E-state index in [0.717, 1.165) is 11.8 Å². The summed E-state index contributed by atoms with van der Waals surface area (Å²) >= 11 is 1.21. The molecule has 1 aromatic heterocycles. The van der Waals surface area contributed by atoms with Crippen LogP contribution >= 0.6 is 11.3 Å². The summed E-state index contributed by atoms with van der Waals surface area (Å²) in [6.07, 6.45) is 0.723. The first-order chi connectivity index (χ1) is 9.69. The highest BCUT2D eigenvalue weighted by molar-refractivity contribution is 7.11. The monoisotopic (exact) mass is 291 g/mol. The Labute approximate surface area is 120 Å². The lowest BCUT2D eigenvalue weighted by atomic mass is 10.1. The fourth-order valence-corrected chi connectivity index (χ4v) is 2.40. The van der Waals surface area contributed by atoms with Crippen LogP contribution in [0.25, 0.3) is 11.3 Å². The lowest BCUT2D eigenvalue weighted by Gasteiger charge is -2.04. The minimum absolute atomic E-state index is 0.297. The summed E-state index contributed by atoms with van der Waals surface area (Å²) in [6, 6.07) is 5.16. The molecule has 6 heteroatoms. The van der Waals surface area contributed by atoms with Gasteiger partial charge in [-0.1, -0.05) is 0 Å². The van der Waals surface area contributed by atoms with Gasteiger partial charge in [-0.3, -0.25) is 4.79 Å². The maximum absolute atomic E-state index is 11.6. The third kappa shape index (κ3) is 2.85. The van der Waals surface area contributed by atoms with E-state index in [9.17, 15) is 9.59 Å². The van der Waals surface area contributed by atoms with Crippen molar-refractivity contribution in [3.63, 3.8) is 0 Å². The van der Waals surface area contributed by atoms with Gasteiger partial charge in [-0.25, -0.2) is 9.78 Å². The standard InChI is InChI=1S/C14H13NO4S/c1-3-19-14(17)13-15-11(8-20-13)9-4-5-12(18-2)10(6-9)7-16/h4-8H,3H2,1-2H3. The number of carbonyl (C=O) groups is 2. The van der Waals surface area contributed by atoms with Crippen molar-refractivity contribution in [1.82, 2.24) is 4.98 Å². The zero-order chi connectivity index (χ0) is 14.5. The lowest BCUT2D eigenvalue weighted by Crippen LogP contribution is -2.03. The number of nitrogens with zero attached hydrogens (tertiary/aromatic N) is 1. The zero-order valence-electron chi connectivity index (χ0n) is 11.1. The number of aromatic nitrogens is 1. The van der Waals surface area contributed by atoms with E-state index in [1.807, 2.05) is 0 Å². The van der Waals surface area contributed by atoms with Crippen LogP contribution in [0.4, 0.5) is 0 Å². The van der Waals surface area contributed by atoms with Gasteiger partial charge in [0.15, 0.2) is 6.29 Å². The molecule has 0 aliphatic carbocycles. The number of esters is 1. The van der Waals surface area contributed by atoms with E-state index in [0.29, 0.717) is 28.6 Å². The van der Waals surface area contributed by atoms with Crippen LogP contribution < -0.4 is 4.74 Å². The average molecular weight is 291 g/mol. The van der Waals surface area contributed by atoms with E-state index in [1.54, 1.807) is 30.5 Å². The largest absolute Gasteiger partial charge is 0.496 e. The van der Waals surface area contributed by atoms with Crippen LogP contribution in [0.2, 0.25) is 0 Å². The van der Waals surface area contributed by atoms with Gasteiger partial charge in [0.2, 0.25) is 5.01 Å². The molecule has 0 saturated carbocycles. The fraction of sp³-hybridized carbons (Fsp3) is 0.214. The minimum Gasteiger partial charge on any atom is -0.496 e. The van der Waals surface area contributed by atoms with Crippen molar-refractivity contribution in [3.05, 3.63) is 34.2 Å². The van der Waals surface area contributed by atoms with E-state index in [-0.39, 0.29) is 0 Å². The molecule has 0 radical (unpaired) electrons. The third-order valence-corrected chi connectivity index (χ3v) is 3.43. The summed E-state index contributed by atoms with van der Waals surface area (Å²) in [4.78, 5) is 26.8. The number of carbonyl (C=O) groups excluding carboxylic acids is 2. The molecule has 5 nitrogen and oxygen atoms in total. The van der Waals surface area contributed by atoms with Crippen LogP contribution in [-0.2, 0) is 4.74 Å². The van der Waals surface area contributed by atoms with Crippen molar-refractivity contribution in [2.75, 3.05) is 13.7 Å². The minimum atomic E-state index is -0.437. The molecule has 0 unspecified atom stereocenters. The summed E-state index contributed by atoms with van der Waals surface area (Å²) < 4.78 is 9.97. The smallest absolute Gasteiger partial charge is 0.367 e. The Kier molecular flexibility index (Phi) is 4.47. The van der Waals surface area contributed by atoms with E-state index < -0.39 is 5.97 Å². The predicted octanol–water partition coefficient (Wildman–Crippen LogP) is 2.81. The van der Waals surface area contributed by atoms with Gasteiger partial charge in [-0.2, -0.15) is 0 Å². The van der Waals surface area contributed by atoms with E-state index in [1.165, 1.54) is 18.4 Å². The number of hydrogen-bond acceptors (Lipinski definition) is 6. The Bertz CT molecular complexity index is 636. The number of rotatable bonds is 5. The van der Waals surface area contributed by atoms with Crippen molar-refractivity contribution in [3.8, 4) is 17.0 Å². The summed E-state index contributed by atoms with van der Waals surface area (Å²) in [5.41, 5.74) is 1.82. The molecule has 0 N–H and O–H groups in total. The van der Waals surface area contributed by atoms with Crippen molar-refractivity contribution >= 4 is 23.6 Å². The molecule has 20 heavy (non-hydrogen) atoms. The lowest BCUT2D eigenvalue weighted by molar-refractivity contribution is 0.0526. The van der Waals surface area contributed by atoms with E-state index >= 15 is 0 Å². The predicted molar refractivity (Wildman–Crippen MR) is 75.4 cm³/mol. The van der Waals surface area contributed by atoms with Crippen LogP contribution in [0, 0.1) is 0 Å². The molecular formula is C14H13NO4S. The molecule has 0 saturated heterocycles. The summed E-state index contributed by atoms with van der Waals surface area (Å²) in [7, 11) is 1.50. The van der Waals surface area contributed by atoms with Crippen LogP contribution in [-0.4, -0.2) is 31.0 Å². The molecular weight excluding hydrogens is 278 g/mol. The van der Waals surface area contributed by atoms with Gasteiger partial charge in [0, 0.05) is 10.9 Å². The maximum atomic E-state index is 11.6. The van der Waals surface area contributed by atoms with Crippen molar-refractivity contribution < 1.29 is 19.1 Å². The molecule has 2 aromatic rings. The second kappa shape index (κ2) is 6.29. The molecule has 0 aliphatic heterocycles. The highest BCUT2D eigenvalue weighted by Crippen LogP contribution is 2.27. The first-order valence-corrected chi connectivity index (χ1v) is 6.83. The summed E-state index contributed by atoms with van der Waals surface area (Å²) in [5.74, 6) is 0.0671. The molecule has 104 valence electrons. The summed E-state index contributed by atoms with van der Waals surface area (Å²) in [6.45, 7) is 2.05. The zero-order valence-corrected chi connectivity index (χ0v) is 11.9. The van der Waals surface area contributed by atoms with Crippen LogP contribution in [0.5, 0.6) is 5.75 Å². The number of aldehydes is 1. The third-order valence-electron chi connectivity index (χ3n) is 2.61. The Balaban J connectivity index is 2.32. The van der Waals surface area contributed by atoms with Gasteiger partial charge in [0.05, 0.1) is 25.0 Å². The first kappa shape index (κ1) is 14.2. The van der Waals surface area contributed by atoms with Crippen molar-refractivity contribution in [2.45, 2.75) is 6.92 Å². The van der Waals surface area contributed by atoms with Gasteiger partial charge in [-0.15, -0.1) is 11.3 Å². The van der Waals surface area contributed by atoms with Gasteiger partial charge >= 0.3 is 5.97 Å². The number of thiazole rings is 1. The van der Waals surface area contributed by atoms with Crippen LogP contribution in [0.1, 0.15) is 27.1 Å². The van der Waals surface area contributed by atoms with Crippen molar-refractivity contribution in [2.24, 2.45) is 0 Å². The molecule has 1 heterocycles. The van der Waals surface area contributed by atoms with Crippen molar-refractivity contribution in [1.29, 1.82) is 0 Å². The number of ether oxygens (including phenoxy) is 2. The van der Waals surface area contributed by atoms with Crippen LogP contribution in [0.3, 0.4) is 0 Å². The molecule has 0 amide bonds. The topological polar surface area (TPSA) is 65.5 Å². The quantitative estimate of drug-likeness (QED) is 0.626. The molecule has 0 atom stereocenters.